The fourth-order valence-corrected chi connectivity index (χ4v) is 2.03. The Morgan fingerprint density at radius 1 is 1.26 bits per heavy atom. The molecule has 0 fully saturated rings. The lowest BCUT2D eigenvalue weighted by Crippen LogP contribution is -2.16. The molecule has 0 saturated carbocycles. The predicted molar refractivity (Wildman–Crippen MR) is 76.4 cm³/mol. The average Bonchev–Trinajstić information content (AvgIpc) is 2.79. The Morgan fingerprint density at radius 3 is 2.47 bits per heavy atom. The number of hydrogen-bond acceptors (Lipinski definition) is 4. The second-order valence-electron chi connectivity index (χ2n) is 4.55. The lowest BCUT2D eigenvalue weighted by molar-refractivity contribution is 0.415. The zero-order valence-electron chi connectivity index (χ0n) is 11.6. The van der Waals surface area contributed by atoms with Gasteiger partial charge in [-0.2, -0.15) is 0 Å². The van der Waals surface area contributed by atoms with Gasteiger partial charge in [0.15, 0.2) is 0 Å². The Balaban J connectivity index is 2.10. The number of nitrogens with two attached hydrogens (primary N) is 1. The van der Waals surface area contributed by atoms with Crippen molar-refractivity contribution in [1.29, 1.82) is 0 Å². The van der Waals surface area contributed by atoms with E-state index < -0.39 is 0 Å². The standard InChI is InChI=1S/C15H20N2O2/c1-11-12(8-15(9-16)19-11)10-17(2)13-4-6-14(18-3)7-5-13/h4-8H,9-10,16H2,1-3H3. The molecule has 0 aliphatic carbocycles. The molecule has 0 unspecified atom stereocenters. The first-order valence-electron chi connectivity index (χ1n) is 6.27. The van der Waals surface area contributed by atoms with Gasteiger partial charge in [0, 0.05) is 24.8 Å². The van der Waals surface area contributed by atoms with E-state index in [0.717, 1.165) is 29.5 Å². The van der Waals surface area contributed by atoms with E-state index >= 15 is 0 Å². The molecule has 1 heterocycles. The second-order valence-corrected chi connectivity index (χ2v) is 4.55. The summed E-state index contributed by atoms with van der Waals surface area (Å²) in [6.45, 7) is 3.20. The Kier molecular flexibility index (Phi) is 4.12. The summed E-state index contributed by atoms with van der Waals surface area (Å²) in [6, 6.07) is 10.0. The van der Waals surface area contributed by atoms with Crippen LogP contribution in [0.5, 0.6) is 5.75 Å². The molecular weight excluding hydrogens is 240 g/mol. The van der Waals surface area contributed by atoms with Crippen molar-refractivity contribution in [3.05, 3.63) is 47.4 Å². The molecule has 0 aliphatic heterocycles. The smallest absolute Gasteiger partial charge is 0.119 e. The maximum atomic E-state index is 5.58. The topological polar surface area (TPSA) is 51.6 Å². The summed E-state index contributed by atoms with van der Waals surface area (Å²) in [4.78, 5) is 2.16. The first-order chi connectivity index (χ1) is 9.13. The van der Waals surface area contributed by atoms with Crippen LogP contribution in [0.25, 0.3) is 0 Å². The maximum Gasteiger partial charge on any atom is 0.119 e. The molecule has 2 rings (SSSR count). The summed E-state index contributed by atoms with van der Waals surface area (Å²) in [5.41, 5.74) is 7.89. The number of ether oxygens (including phenoxy) is 1. The van der Waals surface area contributed by atoms with Gasteiger partial charge >= 0.3 is 0 Å². The molecule has 1 aromatic heterocycles. The third-order valence-electron chi connectivity index (χ3n) is 3.19. The van der Waals surface area contributed by atoms with Crippen LogP contribution in [-0.4, -0.2) is 14.2 Å². The van der Waals surface area contributed by atoms with Crippen LogP contribution in [-0.2, 0) is 13.1 Å². The van der Waals surface area contributed by atoms with Gasteiger partial charge in [0.2, 0.25) is 0 Å². The minimum atomic E-state index is 0.438. The summed E-state index contributed by atoms with van der Waals surface area (Å²) < 4.78 is 10.7. The number of furan rings is 1. The van der Waals surface area contributed by atoms with Crippen molar-refractivity contribution in [3.63, 3.8) is 0 Å². The lowest BCUT2D eigenvalue weighted by atomic mass is 10.2. The number of methoxy groups -OCH3 is 1. The molecule has 0 radical (unpaired) electrons. The number of aryl methyl sites for hydroxylation is 1. The minimum absolute atomic E-state index is 0.438. The van der Waals surface area contributed by atoms with Crippen molar-refractivity contribution in [2.45, 2.75) is 20.0 Å². The molecule has 102 valence electrons. The fourth-order valence-electron chi connectivity index (χ4n) is 2.03. The summed E-state index contributed by atoms with van der Waals surface area (Å²) in [5.74, 6) is 2.62. The predicted octanol–water partition coefficient (Wildman–Crippen LogP) is 2.69. The summed E-state index contributed by atoms with van der Waals surface area (Å²) in [7, 11) is 3.72. The Morgan fingerprint density at radius 2 is 1.95 bits per heavy atom. The van der Waals surface area contributed by atoms with E-state index in [1.165, 1.54) is 5.56 Å². The molecule has 0 atom stereocenters. The van der Waals surface area contributed by atoms with E-state index in [1.807, 2.05) is 37.3 Å². The third kappa shape index (κ3) is 3.09. The van der Waals surface area contributed by atoms with E-state index in [9.17, 15) is 0 Å². The molecule has 4 heteroatoms. The highest BCUT2D eigenvalue weighted by atomic mass is 16.5. The van der Waals surface area contributed by atoms with E-state index in [-0.39, 0.29) is 0 Å². The van der Waals surface area contributed by atoms with Crippen LogP contribution in [0.2, 0.25) is 0 Å². The molecular formula is C15H20N2O2. The summed E-state index contributed by atoms with van der Waals surface area (Å²) >= 11 is 0. The molecule has 0 amide bonds. The van der Waals surface area contributed by atoms with Gasteiger partial charge in [0.1, 0.15) is 17.3 Å². The zero-order chi connectivity index (χ0) is 13.8. The molecule has 19 heavy (non-hydrogen) atoms. The summed E-state index contributed by atoms with van der Waals surface area (Å²) in [6.07, 6.45) is 0. The van der Waals surface area contributed by atoms with Crippen LogP contribution in [0.4, 0.5) is 5.69 Å². The van der Waals surface area contributed by atoms with Crippen LogP contribution < -0.4 is 15.4 Å². The Labute approximate surface area is 113 Å². The highest BCUT2D eigenvalue weighted by Crippen LogP contribution is 2.22. The van der Waals surface area contributed by atoms with Gasteiger partial charge in [0.25, 0.3) is 0 Å². The van der Waals surface area contributed by atoms with Crippen molar-refractivity contribution in [2.24, 2.45) is 5.73 Å². The molecule has 1 aromatic carbocycles. The van der Waals surface area contributed by atoms with Crippen molar-refractivity contribution >= 4 is 5.69 Å². The van der Waals surface area contributed by atoms with Gasteiger partial charge in [-0.1, -0.05) is 0 Å². The normalized spacial score (nSPS) is 10.5. The van der Waals surface area contributed by atoms with E-state index in [1.54, 1.807) is 7.11 Å². The largest absolute Gasteiger partial charge is 0.497 e. The first kappa shape index (κ1) is 13.5. The number of anilines is 1. The van der Waals surface area contributed by atoms with Crippen molar-refractivity contribution in [3.8, 4) is 5.75 Å². The van der Waals surface area contributed by atoms with Crippen molar-refractivity contribution in [1.82, 2.24) is 0 Å². The minimum Gasteiger partial charge on any atom is -0.497 e. The van der Waals surface area contributed by atoms with Gasteiger partial charge in [-0.3, -0.25) is 0 Å². The van der Waals surface area contributed by atoms with Crippen LogP contribution >= 0.6 is 0 Å². The molecule has 0 aliphatic rings. The van der Waals surface area contributed by atoms with Crippen LogP contribution in [0.1, 0.15) is 17.1 Å². The van der Waals surface area contributed by atoms with Crippen LogP contribution in [0.15, 0.2) is 34.7 Å². The molecule has 4 nitrogen and oxygen atoms in total. The van der Waals surface area contributed by atoms with Gasteiger partial charge in [0.05, 0.1) is 13.7 Å². The van der Waals surface area contributed by atoms with Crippen molar-refractivity contribution in [2.75, 3.05) is 19.1 Å². The van der Waals surface area contributed by atoms with Crippen LogP contribution in [0.3, 0.4) is 0 Å². The van der Waals surface area contributed by atoms with Crippen LogP contribution in [0, 0.1) is 6.92 Å². The van der Waals surface area contributed by atoms with E-state index in [4.69, 9.17) is 14.9 Å². The number of rotatable bonds is 5. The fraction of sp³-hybridized carbons (Fsp3) is 0.333. The molecule has 0 spiro atoms. The van der Waals surface area contributed by atoms with Gasteiger partial charge in [-0.25, -0.2) is 0 Å². The van der Waals surface area contributed by atoms with Gasteiger partial charge < -0.3 is 19.8 Å². The first-order valence-corrected chi connectivity index (χ1v) is 6.27. The molecule has 0 saturated heterocycles. The highest BCUT2D eigenvalue weighted by molar-refractivity contribution is 5.49. The monoisotopic (exact) mass is 260 g/mol. The van der Waals surface area contributed by atoms with Gasteiger partial charge in [-0.05, 0) is 37.3 Å². The number of nitrogens with zero attached hydrogens (tertiary/aromatic N) is 1. The maximum absolute atomic E-state index is 5.58. The lowest BCUT2D eigenvalue weighted by Gasteiger charge is -2.19. The zero-order valence-corrected chi connectivity index (χ0v) is 11.6. The average molecular weight is 260 g/mol. The van der Waals surface area contributed by atoms with E-state index in [0.29, 0.717) is 6.54 Å². The number of benzene rings is 1. The Bertz CT molecular complexity index is 532. The highest BCUT2D eigenvalue weighted by Gasteiger charge is 2.09. The molecule has 0 bridgehead atoms. The SMILES string of the molecule is COc1ccc(N(C)Cc2cc(CN)oc2C)cc1. The third-order valence-corrected chi connectivity index (χ3v) is 3.19. The molecule has 2 N–H and O–H groups in total. The quantitative estimate of drug-likeness (QED) is 0.898. The van der Waals surface area contributed by atoms with Crippen molar-refractivity contribution < 1.29 is 9.15 Å². The summed E-state index contributed by atoms with van der Waals surface area (Å²) in [5, 5.41) is 0. The Hall–Kier alpha value is -1.94. The second kappa shape index (κ2) is 5.80. The van der Waals surface area contributed by atoms with E-state index in [2.05, 4.69) is 11.9 Å². The molecule has 2 aromatic rings. The number of hydrogen-bond donors (Lipinski definition) is 1. The van der Waals surface area contributed by atoms with Gasteiger partial charge in [-0.15, -0.1) is 0 Å².